The molecule has 1 N–H and O–H groups in total. The fourth-order valence-corrected chi connectivity index (χ4v) is 3.93. The third kappa shape index (κ3) is 4.27. The Hall–Kier alpha value is -1.07. The minimum Gasteiger partial charge on any atom is -0.347 e. The van der Waals surface area contributed by atoms with Crippen molar-refractivity contribution in [2.24, 2.45) is 5.92 Å². The molecule has 0 aromatic carbocycles. The van der Waals surface area contributed by atoms with Crippen LogP contribution >= 0.6 is 0 Å². The molecule has 0 unspecified atom stereocenters. The topological polar surface area (TPSA) is 50.8 Å². The smallest absolute Gasteiger partial charge is 0.317 e. The monoisotopic (exact) mass is 322 g/mol. The molecule has 3 rings (SSSR count). The second-order valence-corrected chi connectivity index (χ2v) is 7.09. The predicted octanol–water partition coefficient (Wildman–Crippen LogP) is 3.06. The highest BCUT2D eigenvalue weighted by atomic mass is 16.7. The lowest BCUT2D eigenvalue weighted by Gasteiger charge is -2.39. The average molecular weight is 322 g/mol. The Morgan fingerprint density at radius 1 is 1.35 bits per heavy atom. The van der Waals surface area contributed by atoms with Crippen LogP contribution in [0.2, 0.25) is 0 Å². The molecule has 2 fully saturated rings. The number of rotatable bonds is 4. The molecule has 23 heavy (non-hydrogen) atoms. The van der Waals surface area contributed by atoms with Crippen molar-refractivity contribution in [3.05, 3.63) is 11.6 Å². The van der Waals surface area contributed by atoms with Crippen LogP contribution in [0.15, 0.2) is 11.6 Å². The van der Waals surface area contributed by atoms with Crippen LogP contribution in [0.25, 0.3) is 0 Å². The van der Waals surface area contributed by atoms with Gasteiger partial charge in [0.15, 0.2) is 5.79 Å². The zero-order chi connectivity index (χ0) is 16.1. The number of piperidine rings is 1. The van der Waals surface area contributed by atoms with Crippen LogP contribution in [0.1, 0.15) is 51.9 Å². The average Bonchev–Trinajstić information content (AvgIpc) is 3.04. The molecule has 0 spiro atoms. The van der Waals surface area contributed by atoms with E-state index in [4.69, 9.17) is 9.47 Å². The molecular weight excluding hydrogens is 292 g/mol. The van der Waals surface area contributed by atoms with Crippen molar-refractivity contribution in [1.29, 1.82) is 0 Å². The Labute approximate surface area is 139 Å². The van der Waals surface area contributed by atoms with Crippen molar-refractivity contribution in [2.45, 2.75) is 57.7 Å². The van der Waals surface area contributed by atoms with Gasteiger partial charge >= 0.3 is 6.03 Å². The zero-order valence-electron chi connectivity index (χ0n) is 14.3. The molecule has 5 nitrogen and oxygen atoms in total. The van der Waals surface area contributed by atoms with Gasteiger partial charge in [-0.05, 0) is 51.9 Å². The summed E-state index contributed by atoms with van der Waals surface area (Å²) in [4.78, 5) is 14.3. The van der Waals surface area contributed by atoms with Gasteiger partial charge in [-0.3, -0.25) is 0 Å². The van der Waals surface area contributed by atoms with Crippen LogP contribution in [0.3, 0.4) is 0 Å². The number of nitrogens with one attached hydrogen (secondary N) is 1. The van der Waals surface area contributed by atoms with Gasteiger partial charge in [-0.15, -0.1) is 0 Å². The van der Waals surface area contributed by atoms with Gasteiger partial charge in [0.1, 0.15) is 0 Å². The van der Waals surface area contributed by atoms with E-state index in [2.05, 4.69) is 11.4 Å². The SMILES string of the molecule is CC1([C@@H]2CCCN(C(=O)NCCC3=CCCCC3)C2)OCCO1. The number of carbonyl (C=O) groups excluding carboxylic acids is 1. The van der Waals surface area contributed by atoms with Gasteiger partial charge in [0.2, 0.25) is 0 Å². The third-order valence-electron chi connectivity index (χ3n) is 5.42. The molecule has 0 aromatic rings. The first-order valence-electron chi connectivity index (χ1n) is 9.16. The lowest BCUT2D eigenvalue weighted by molar-refractivity contribution is -0.189. The number of hydrogen-bond acceptors (Lipinski definition) is 3. The molecule has 5 heteroatoms. The van der Waals surface area contributed by atoms with Gasteiger partial charge in [0, 0.05) is 25.6 Å². The van der Waals surface area contributed by atoms with Gasteiger partial charge in [-0.2, -0.15) is 0 Å². The van der Waals surface area contributed by atoms with Crippen molar-refractivity contribution in [1.82, 2.24) is 10.2 Å². The van der Waals surface area contributed by atoms with Crippen LogP contribution in [0, 0.1) is 5.92 Å². The Balaban J connectivity index is 1.44. The molecular formula is C18H30N2O3. The first-order chi connectivity index (χ1) is 11.2. The van der Waals surface area contributed by atoms with Crippen molar-refractivity contribution in [3.63, 3.8) is 0 Å². The zero-order valence-corrected chi connectivity index (χ0v) is 14.3. The number of likely N-dealkylation sites (tertiary alicyclic amines) is 1. The number of hydrogen-bond donors (Lipinski definition) is 1. The van der Waals surface area contributed by atoms with E-state index in [1.807, 2.05) is 11.8 Å². The predicted molar refractivity (Wildman–Crippen MR) is 89.2 cm³/mol. The van der Waals surface area contributed by atoms with Gasteiger partial charge in [0.05, 0.1) is 13.2 Å². The van der Waals surface area contributed by atoms with Crippen molar-refractivity contribution in [2.75, 3.05) is 32.8 Å². The van der Waals surface area contributed by atoms with Crippen LogP contribution in [-0.2, 0) is 9.47 Å². The van der Waals surface area contributed by atoms with Crippen molar-refractivity contribution >= 4 is 6.03 Å². The Bertz CT molecular complexity index is 444. The normalized spacial score (nSPS) is 27.6. The van der Waals surface area contributed by atoms with E-state index in [0.29, 0.717) is 13.2 Å². The maximum Gasteiger partial charge on any atom is 0.317 e. The summed E-state index contributed by atoms with van der Waals surface area (Å²) < 4.78 is 11.6. The van der Waals surface area contributed by atoms with Crippen LogP contribution in [-0.4, -0.2) is 49.6 Å². The lowest BCUT2D eigenvalue weighted by Crippen LogP contribution is -2.51. The number of nitrogens with zero attached hydrogens (tertiary/aromatic N) is 1. The molecule has 1 atom stereocenters. The highest BCUT2D eigenvalue weighted by Crippen LogP contribution is 2.34. The minimum atomic E-state index is -0.508. The van der Waals surface area contributed by atoms with E-state index in [-0.39, 0.29) is 11.9 Å². The Morgan fingerprint density at radius 2 is 2.17 bits per heavy atom. The molecule has 0 radical (unpaired) electrons. The summed E-state index contributed by atoms with van der Waals surface area (Å²) in [5, 5.41) is 3.09. The summed E-state index contributed by atoms with van der Waals surface area (Å²) in [7, 11) is 0. The summed E-state index contributed by atoms with van der Waals surface area (Å²) in [5.41, 5.74) is 1.51. The standard InChI is InChI=1S/C18H30N2O3/c1-18(22-12-13-23-18)16-8-5-11-20(14-16)17(21)19-10-9-15-6-3-2-4-7-15/h6,16H,2-5,7-14H2,1H3,(H,19,21)/t16-/m1/s1. The van der Waals surface area contributed by atoms with Gasteiger partial charge in [-0.1, -0.05) is 11.6 Å². The molecule has 0 saturated carbocycles. The van der Waals surface area contributed by atoms with Crippen LogP contribution in [0.5, 0.6) is 0 Å². The van der Waals surface area contributed by atoms with Gasteiger partial charge < -0.3 is 19.7 Å². The number of amides is 2. The van der Waals surface area contributed by atoms with Crippen LogP contribution in [0.4, 0.5) is 4.79 Å². The number of urea groups is 1. The molecule has 0 bridgehead atoms. The van der Waals surface area contributed by atoms with E-state index >= 15 is 0 Å². The van der Waals surface area contributed by atoms with Crippen molar-refractivity contribution < 1.29 is 14.3 Å². The molecule has 130 valence electrons. The van der Waals surface area contributed by atoms with Gasteiger partial charge in [-0.25, -0.2) is 4.79 Å². The Kier molecular flexibility index (Phi) is 5.59. The molecule has 1 aliphatic carbocycles. The first kappa shape index (κ1) is 16.8. The molecule has 2 amide bonds. The summed E-state index contributed by atoms with van der Waals surface area (Å²) >= 11 is 0. The van der Waals surface area contributed by atoms with E-state index in [1.165, 1.54) is 31.3 Å². The number of allylic oxidation sites excluding steroid dienone is 1. The van der Waals surface area contributed by atoms with E-state index in [9.17, 15) is 4.79 Å². The van der Waals surface area contributed by atoms with E-state index in [0.717, 1.165) is 38.9 Å². The highest BCUT2D eigenvalue weighted by molar-refractivity contribution is 5.74. The van der Waals surface area contributed by atoms with E-state index < -0.39 is 5.79 Å². The second kappa shape index (κ2) is 7.67. The van der Waals surface area contributed by atoms with Gasteiger partial charge in [0.25, 0.3) is 0 Å². The molecule has 2 heterocycles. The lowest BCUT2D eigenvalue weighted by atomic mass is 9.90. The third-order valence-corrected chi connectivity index (χ3v) is 5.42. The summed E-state index contributed by atoms with van der Waals surface area (Å²) in [6, 6.07) is 0.0627. The Morgan fingerprint density at radius 3 is 2.91 bits per heavy atom. The van der Waals surface area contributed by atoms with E-state index in [1.54, 1.807) is 0 Å². The summed E-state index contributed by atoms with van der Waals surface area (Å²) in [6.45, 7) is 5.65. The summed E-state index contributed by atoms with van der Waals surface area (Å²) in [6.07, 6.45) is 10.4. The molecule has 0 aromatic heterocycles. The summed E-state index contributed by atoms with van der Waals surface area (Å²) in [5.74, 6) is -0.239. The maximum atomic E-state index is 12.4. The largest absolute Gasteiger partial charge is 0.347 e. The van der Waals surface area contributed by atoms with Crippen LogP contribution < -0.4 is 5.32 Å². The highest BCUT2D eigenvalue weighted by Gasteiger charge is 2.42. The molecule has 2 aliphatic heterocycles. The quantitative estimate of drug-likeness (QED) is 0.809. The molecule has 2 saturated heterocycles. The molecule has 3 aliphatic rings. The first-order valence-corrected chi connectivity index (χ1v) is 9.16. The number of carbonyl (C=O) groups is 1. The second-order valence-electron chi connectivity index (χ2n) is 7.09. The number of ether oxygens (including phenoxy) is 2. The minimum absolute atomic E-state index is 0.0627. The van der Waals surface area contributed by atoms with Crippen molar-refractivity contribution in [3.8, 4) is 0 Å². The fraction of sp³-hybridized carbons (Fsp3) is 0.833. The maximum absolute atomic E-state index is 12.4. The fourth-order valence-electron chi connectivity index (χ4n) is 3.93.